The SMILES string of the molecule is Cc1cnccc1C(=O)CCC1CCCO1. The molecule has 1 atom stereocenters. The van der Waals surface area contributed by atoms with E-state index in [1.807, 2.05) is 6.92 Å². The smallest absolute Gasteiger partial charge is 0.163 e. The Kier molecular flexibility index (Phi) is 3.67. The molecule has 0 spiro atoms. The van der Waals surface area contributed by atoms with Crippen LogP contribution in [-0.2, 0) is 4.74 Å². The van der Waals surface area contributed by atoms with Crippen LogP contribution in [0.5, 0.6) is 0 Å². The van der Waals surface area contributed by atoms with Crippen LogP contribution in [0.3, 0.4) is 0 Å². The van der Waals surface area contributed by atoms with E-state index in [9.17, 15) is 4.79 Å². The zero-order valence-electron chi connectivity index (χ0n) is 9.61. The van der Waals surface area contributed by atoms with Gasteiger partial charge in [0.2, 0.25) is 0 Å². The number of nitrogens with zero attached hydrogens (tertiary/aromatic N) is 1. The molecule has 86 valence electrons. The molecule has 1 fully saturated rings. The van der Waals surface area contributed by atoms with E-state index in [0.29, 0.717) is 12.5 Å². The molecular weight excluding hydrogens is 202 g/mol. The molecule has 3 heteroatoms. The Morgan fingerprint density at radius 2 is 2.50 bits per heavy atom. The lowest BCUT2D eigenvalue weighted by Gasteiger charge is -2.09. The first-order valence-electron chi connectivity index (χ1n) is 5.83. The molecule has 0 saturated carbocycles. The Bertz CT molecular complexity index is 370. The van der Waals surface area contributed by atoms with Crippen LogP contribution in [0.25, 0.3) is 0 Å². The third-order valence-corrected chi connectivity index (χ3v) is 3.04. The average molecular weight is 219 g/mol. The summed E-state index contributed by atoms with van der Waals surface area (Å²) in [6.07, 6.45) is 7.36. The number of aromatic nitrogens is 1. The predicted octanol–water partition coefficient (Wildman–Crippen LogP) is 2.53. The van der Waals surface area contributed by atoms with Crippen LogP contribution in [0.15, 0.2) is 18.5 Å². The highest BCUT2D eigenvalue weighted by molar-refractivity contribution is 5.97. The third-order valence-electron chi connectivity index (χ3n) is 3.04. The van der Waals surface area contributed by atoms with Gasteiger partial charge in [-0.1, -0.05) is 0 Å². The summed E-state index contributed by atoms with van der Waals surface area (Å²) in [5.41, 5.74) is 1.76. The molecule has 0 aliphatic carbocycles. The van der Waals surface area contributed by atoms with E-state index in [1.165, 1.54) is 0 Å². The molecule has 0 N–H and O–H groups in total. The number of ether oxygens (including phenoxy) is 1. The largest absolute Gasteiger partial charge is 0.378 e. The zero-order chi connectivity index (χ0) is 11.4. The number of hydrogen-bond acceptors (Lipinski definition) is 3. The predicted molar refractivity (Wildman–Crippen MR) is 61.5 cm³/mol. The Hall–Kier alpha value is -1.22. The number of rotatable bonds is 4. The van der Waals surface area contributed by atoms with E-state index >= 15 is 0 Å². The Balaban J connectivity index is 1.90. The van der Waals surface area contributed by atoms with Crippen molar-refractivity contribution < 1.29 is 9.53 Å². The molecule has 1 saturated heterocycles. The molecule has 1 aliphatic heterocycles. The molecule has 1 aromatic heterocycles. The molecule has 16 heavy (non-hydrogen) atoms. The molecule has 3 nitrogen and oxygen atoms in total. The lowest BCUT2D eigenvalue weighted by atomic mass is 10.0. The van der Waals surface area contributed by atoms with Crippen LogP contribution < -0.4 is 0 Å². The van der Waals surface area contributed by atoms with Gasteiger partial charge >= 0.3 is 0 Å². The van der Waals surface area contributed by atoms with Gasteiger partial charge in [-0.15, -0.1) is 0 Å². The van der Waals surface area contributed by atoms with Gasteiger partial charge in [0, 0.05) is 31.0 Å². The van der Waals surface area contributed by atoms with Crippen molar-refractivity contribution in [1.29, 1.82) is 0 Å². The van der Waals surface area contributed by atoms with Crippen molar-refractivity contribution in [3.63, 3.8) is 0 Å². The molecule has 0 amide bonds. The molecular formula is C13H17NO2. The van der Waals surface area contributed by atoms with Crippen LogP contribution in [0.2, 0.25) is 0 Å². The molecule has 2 heterocycles. The second kappa shape index (κ2) is 5.21. The number of pyridine rings is 1. The van der Waals surface area contributed by atoms with Crippen molar-refractivity contribution in [2.45, 2.75) is 38.7 Å². The van der Waals surface area contributed by atoms with Gasteiger partial charge in [0.05, 0.1) is 6.10 Å². The molecule has 0 bridgehead atoms. The molecule has 0 radical (unpaired) electrons. The van der Waals surface area contributed by atoms with E-state index in [0.717, 1.165) is 37.0 Å². The van der Waals surface area contributed by atoms with Crippen molar-refractivity contribution in [3.8, 4) is 0 Å². The Morgan fingerprint density at radius 3 is 3.19 bits per heavy atom. The quantitative estimate of drug-likeness (QED) is 0.730. The summed E-state index contributed by atoms with van der Waals surface area (Å²) >= 11 is 0. The first kappa shape index (κ1) is 11.3. The van der Waals surface area contributed by atoms with Gasteiger partial charge in [-0.2, -0.15) is 0 Å². The number of Topliss-reactive ketones (excluding diaryl/α,β-unsaturated/α-hetero) is 1. The monoisotopic (exact) mass is 219 g/mol. The van der Waals surface area contributed by atoms with Crippen LogP contribution in [-0.4, -0.2) is 23.5 Å². The molecule has 1 aromatic rings. The molecule has 1 unspecified atom stereocenters. The van der Waals surface area contributed by atoms with Gasteiger partial charge < -0.3 is 4.74 Å². The highest BCUT2D eigenvalue weighted by atomic mass is 16.5. The Labute approximate surface area is 95.8 Å². The first-order chi connectivity index (χ1) is 7.77. The highest BCUT2D eigenvalue weighted by Crippen LogP contribution is 2.18. The maximum absolute atomic E-state index is 11.9. The lowest BCUT2D eigenvalue weighted by Crippen LogP contribution is -2.09. The number of hydrogen-bond donors (Lipinski definition) is 0. The Morgan fingerprint density at radius 1 is 1.62 bits per heavy atom. The number of ketones is 1. The van der Waals surface area contributed by atoms with Crippen molar-refractivity contribution in [2.75, 3.05) is 6.61 Å². The van der Waals surface area contributed by atoms with Gasteiger partial charge in [-0.05, 0) is 37.8 Å². The fourth-order valence-corrected chi connectivity index (χ4v) is 2.09. The van der Waals surface area contributed by atoms with Gasteiger partial charge in [0.1, 0.15) is 0 Å². The topological polar surface area (TPSA) is 39.2 Å². The standard InChI is InChI=1S/C13H17NO2/c1-10-9-14-7-6-12(10)13(15)5-4-11-3-2-8-16-11/h6-7,9,11H,2-5,8H2,1H3. The van der Waals surface area contributed by atoms with E-state index in [4.69, 9.17) is 4.74 Å². The summed E-state index contributed by atoms with van der Waals surface area (Å²) in [5.74, 6) is 0.204. The van der Waals surface area contributed by atoms with Gasteiger partial charge in [0.15, 0.2) is 5.78 Å². The molecule has 2 rings (SSSR count). The maximum Gasteiger partial charge on any atom is 0.163 e. The first-order valence-corrected chi connectivity index (χ1v) is 5.83. The fraction of sp³-hybridized carbons (Fsp3) is 0.538. The van der Waals surface area contributed by atoms with Crippen molar-refractivity contribution >= 4 is 5.78 Å². The highest BCUT2D eigenvalue weighted by Gasteiger charge is 2.17. The van der Waals surface area contributed by atoms with Gasteiger partial charge in [0.25, 0.3) is 0 Å². The minimum absolute atomic E-state index is 0.204. The summed E-state index contributed by atoms with van der Waals surface area (Å²) in [5, 5.41) is 0. The molecule has 0 aromatic carbocycles. The number of aryl methyl sites for hydroxylation is 1. The normalized spacial score (nSPS) is 19.9. The van der Waals surface area contributed by atoms with Crippen LogP contribution in [0.1, 0.15) is 41.6 Å². The summed E-state index contributed by atoms with van der Waals surface area (Å²) in [7, 11) is 0. The van der Waals surface area contributed by atoms with Crippen LogP contribution in [0, 0.1) is 6.92 Å². The second-order valence-corrected chi connectivity index (χ2v) is 4.29. The molecule has 1 aliphatic rings. The van der Waals surface area contributed by atoms with Crippen molar-refractivity contribution in [2.24, 2.45) is 0 Å². The fourth-order valence-electron chi connectivity index (χ4n) is 2.09. The zero-order valence-corrected chi connectivity index (χ0v) is 9.61. The summed E-state index contributed by atoms with van der Waals surface area (Å²) in [6.45, 7) is 2.78. The van der Waals surface area contributed by atoms with Crippen LogP contribution >= 0.6 is 0 Å². The second-order valence-electron chi connectivity index (χ2n) is 4.29. The van der Waals surface area contributed by atoms with E-state index < -0.39 is 0 Å². The summed E-state index contributed by atoms with van der Waals surface area (Å²) in [6, 6.07) is 1.80. The van der Waals surface area contributed by atoms with E-state index in [1.54, 1.807) is 18.5 Å². The summed E-state index contributed by atoms with van der Waals surface area (Å²) in [4.78, 5) is 15.9. The minimum atomic E-state index is 0.204. The number of carbonyl (C=O) groups is 1. The van der Waals surface area contributed by atoms with E-state index in [-0.39, 0.29) is 5.78 Å². The third kappa shape index (κ3) is 2.67. The minimum Gasteiger partial charge on any atom is -0.378 e. The van der Waals surface area contributed by atoms with Crippen molar-refractivity contribution in [1.82, 2.24) is 4.98 Å². The maximum atomic E-state index is 11.9. The number of carbonyl (C=O) groups excluding carboxylic acids is 1. The van der Waals surface area contributed by atoms with E-state index in [2.05, 4.69) is 4.98 Å². The van der Waals surface area contributed by atoms with Crippen molar-refractivity contribution in [3.05, 3.63) is 29.6 Å². The van der Waals surface area contributed by atoms with Gasteiger partial charge in [-0.3, -0.25) is 9.78 Å². The summed E-state index contributed by atoms with van der Waals surface area (Å²) < 4.78 is 5.50. The lowest BCUT2D eigenvalue weighted by molar-refractivity contribution is 0.0859. The van der Waals surface area contributed by atoms with Crippen LogP contribution in [0.4, 0.5) is 0 Å². The van der Waals surface area contributed by atoms with Gasteiger partial charge in [-0.25, -0.2) is 0 Å². The average Bonchev–Trinajstić information content (AvgIpc) is 2.79.